The van der Waals surface area contributed by atoms with Crippen LogP contribution in [-0.4, -0.2) is 30.7 Å². The first-order valence-electron chi connectivity index (χ1n) is 7.03. The highest BCUT2D eigenvalue weighted by atomic mass is 19.3. The molecular weight excluding hydrogens is 254 g/mol. The van der Waals surface area contributed by atoms with Crippen molar-refractivity contribution >= 4 is 5.97 Å². The van der Waals surface area contributed by atoms with Crippen molar-refractivity contribution in [3.63, 3.8) is 0 Å². The van der Waals surface area contributed by atoms with E-state index in [2.05, 4.69) is 4.74 Å². The molecule has 0 aromatic rings. The topological polar surface area (TPSA) is 46.5 Å². The monoisotopic (exact) mass is 278 g/mol. The molecule has 1 saturated carbocycles. The van der Waals surface area contributed by atoms with E-state index in [4.69, 9.17) is 5.11 Å². The number of ether oxygens (including phenoxy) is 1. The van der Waals surface area contributed by atoms with Crippen molar-refractivity contribution in [1.29, 1.82) is 0 Å². The molecule has 0 saturated heterocycles. The summed E-state index contributed by atoms with van der Waals surface area (Å²) in [7, 11) is 1.26. The molecule has 0 heterocycles. The average Bonchev–Trinajstić information content (AvgIpc) is 2.34. The van der Waals surface area contributed by atoms with Gasteiger partial charge in [0, 0.05) is 19.4 Å². The molecule has 1 N–H and O–H groups in total. The van der Waals surface area contributed by atoms with Crippen LogP contribution in [0, 0.1) is 5.41 Å². The number of unbranched alkanes of at least 4 members (excludes halogenated alkanes) is 5. The summed E-state index contributed by atoms with van der Waals surface area (Å²) in [6.07, 6.45) is 5.37. The average molecular weight is 278 g/mol. The summed E-state index contributed by atoms with van der Waals surface area (Å²) in [6, 6.07) is 0. The van der Waals surface area contributed by atoms with Gasteiger partial charge in [-0.25, -0.2) is 8.78 Å². The third kappa shape index (κ3) is 4.71. The molecule has 0 aromatic carbocycles. The van der Waals surface area contributed by atoms with E-state index in [-0.39, 0.29) is 19.4 Å². The summed E-state index contributed by atoms with van der Waals surface area (Å²) in [4.78, 5) is 11.6. The van der Waals surface area contributed by atoms with E-state index in [9.17, 15) is 13.6 Å². The second-order valence-electron chi connectivity index (χ2n) is 5.58. The number of alkyl halides is 2. The fourth-order valence-corrected chi connectivity index (χ4v) is 2.86. The number of methoxy groups -OCH3 is 1. The minimum absolute atomic E-state index is 0.223. The fraction of sp³-hybridized carbons (Fsp3) is 0.929. The molecule has 0 spiro atoms. The highest BCUT2D eigenvalue weighted by Crippen LogP contribution is 2.55. The van der Waals surface area contributed by atoms with Crippen LogP contribution in [0.5, 0.6) is 0 Å². The normalized spacial score (nSPS) is 19.8. The van der Waals surface area contributed by atoms with Crippen molar-refractivity contribution < 1.29 is 23.4 Å². The van der Waals surface area contributed by atoms with Crippen LogP contribution < -0.4 is 0 Å². The molecule has 1 fully saturated rings. The van der Waals surface area contributed by atoms with Crippen molar-refractivity contribution in [1.82, 2.24) is 0 Å². The second kappa shape index (κ2) is 7.17. The van der Waals surface area contributed by atoms with Crippen molar-refractivity contribution in [2.45, 2.75) is 63.7 Å². The number of aliphatic hydroxyl groups is 1. The van der Waals surface area contributed by atoms with Crippen LogP contribution in [0.4, 0.5) is 8.78 Å². The Morgan fingerprint density at radius 1 is 1.11 bits per heavy atom. The number of carbonyl (C=O) groups is 1. The summed E-state index contributed by atoms with van der Waals surface area (Å²) >= 11 is 0. The van der Waals surface area contributed by atoms with E-state index in [0.717, 1.165) is 38.5 Å². The van der Waals surface area contributed by atoms with E-state index in [1.807, 2.05) is 0 Å². The molecule has 1 aliphatic rings. The number of rotatable bonds is 9. The standard InChI is InChI=1S/C14H24F2O3/c1-19-12(18)13(10-14(15,16)11-13)8-6-4-2-3-5-7-9-17/h17H,2-11H2,1H3. The van der Waals surface area contributed by atoms with E-state index < -0.39 is 17.3 Å². The molecule has 0 radical (unpaired) electrons. The number of halogens is 2. The van der Waals surface area contributed by atoms with Crippen LogP contribution in [-0.2, 0) is 9.53 Å². The van der Waals surface area contributed by atoms with Gasteiger partial charge in [-0.3, -0.25) is 4.79 Å². The summed E-state index contributed by atoms with van der Waals surface area (Å²) in [5.41, 5.74) is -0.941. The first-order chi connectivity index (χ1) is 8.96. The van der Waals surface area contributed by atoms with Gasteiger partial charge in [0.05, 0.1) is 12.5 Å². The Labute approximate surface area is 113 Å². The van der Waals surface area contributed by atoms with Crippen LogP contribution in [0.2, 0.25) is 0 Å². The van der Waals surface area contributed by atoms with Gasteiger partial charge in [-0.05, 0) is 12.8 Å². The molecule has 0 amide bonds. The lowest BCUT2D eigenvalue weighted by Crippen LogP contribution is -2.51. The molecule has 1 aliphatic carbocycles. The Kier molecular flexibility index (Phi) is 6.17. The minimum Gasteiger partial charge on any atom is -0.469 e. The van der Waals surface area contributed by atoms with Crippen LogP contribution in [0.15, 0.2) is 0 Å². The summed E-state index contributed by atoms with van der Waals surface area (Å²) < 4.78 is 30.7. The Morgan fingerprint density at radius 3 is 2.11 bits per heavy atom. The molecule has 1 rings (SSSR count). The van der Waals surface area contributed by atoms with Gasteiger partial charge in [-0.1, -0.05) is 32.1 Å². The van der Waals surface area contributed by atoms with Crippen molar-refractivity contribution in [3.8, 4) is 0 Å². The van der Waals surface area contributed by atoms with Gasteiger partial charge in [-0.15, -0.1) is 0 Å². The Morgan fingerprint density at radius 2 is 1.63 bits per heavy atom. The lowest BCUT2D eigenvalue weighted by Gasteiger charge is -2.44. The van der Waals surface area contributed by atoms with E-state index in [0.29, 0.717) is 6.42 Å². The Balaban J connectivity index is 2.22. The quantitative estimate of drug-likeness (QED) is 0.520. The third-order valence-corrected chi connectivity index (χ3v) is 3.88. The van der Waals surface area contributed by atoms with E-state index >= 15 is 0 Å². The lowest BCUT2D eigenvalue weighted by atomic mass is 9.63. The highest BCUT2D eigenvalue weighted by Gasteiger charge is 2.60. The van der Waals surface area contributed by atoms with Gasteiger partial charge < -0.3 is 9.84 Å². The third-order valence-electron chi connectivity index (χ3n) is 3.88. The molecule has 0 aromatic heterocycles. The molecule has 19 heavy (non-hydrogen) atoms. The maximum atomic E-state index is 13.0. The number of aliphatic hydroxyl groups excluding tert-OH is 1. The maximum Gasteiger partial charge on any atom is 0.312 e. The van der Waals surface area contributed by atoms with Crippen molar-refractivity contribution in [2.75, 3.05) is 13.7 Å². The smallest absolute Gasteiger partial charge is 0.312 e. The van der Waals surface area contributed by atoms with Crippen LogP contribution in [0.25, 0.3) is 0 Å². The molecule has 0 bridgehead atoms. The maximum absolute atomic E-state index is 13.0. The summed E-state index contributed by atoms with van der Waals surface area (Å²) in [5.74, 6) is -3.19. The summed E-state index contributed by atoms with van der Waals surface area (Å²) in [5, 5.41) is 8.63. The molecular formula is C14H24F2O3. The Bertz CT molecular complexity index is 284. The number of carbonyl (C=O) groups excluding carboxylic acids is 1. The first-order valence-corrected chi connectivity index (χ1v) is 7.03. The first kappa shape index (κ1) is 16.3. The fourth-order valence-electron chi connectivity index (χ4n) is 2.86. The molecule has 0 aliphatic heterocycles. The minimum atomic E-state index is -2.70. The zero-order chi connectivity index (χ0) is 14.4. The summed E-state index contributed by atoms with van der Waals surface area (Å²) in [6.45, 7) is 0.223. The molecule has 0 unspecified atom stereocenters. The Hall–Kier alpha value is -0.710. The van der Waals surface area contributed by atoms with Gasteiger partial charge in [0.25, 0.3) is 0 Å². The number of hydrogen-bond donors (Lipinski definition) is 1. The van der Waals surface area contributed by atoms with Crippen LogP contribution in [0.1, 0.15) is 57.8 Å². The molecule has 5 heteroatoms. The lowest BCUT2D eigenvalue weighted by molar-refractivity contribution is -0.198. The van der Waals surface area contributed by atoms with Crippen LogP contribution in [0.3, 0.4) is 0 Å². The predicted molar refractivity (Wildman–Crippen MR) is 68.0 cm³/mol. The van der Waals surface area contributed by atoms with Gasteiger partial charge in [0.2, 0.25) is 5.92 Å². The second-order valence-corrected chi connectivity index (χ2v) is 5.58. The zero-order valence-corrected chi connectivity index (χ0v) is 11.6. The van der Waals surface area contributed by atoms with Gasteiger partial charge >= 0.3 is 5.97 Å². The SMILES string of the molecule is COC(=O)C1(CCCCCCCCO)CC(F)(F)C1. The van der Waals surface area contributed by atoms with Gasteiger partial charge in [0.15, 0.2) is 0 Å². The predicted octanol–water partition coefficient (Wildman–Crippen LogP) is 3.30. The van der Waals surface area contributed by atoms with E-state index in [1.54, 1.807) is 0 Å². The van der Waals surface area contributed by atoms with Crippen molar-refractivity contribution in [2.24, 2.45) is 5.41 Å². The largest absolute Gasteiger partial charge is 0.469 e. The van der Waals surface area contributed by atoms with E-state index in [1.165, 1.54) is 7.11 Å². The number of esters is 1. The molecule has 112 valence electrons. The van der Waals surface area contributed by atoms with Gasteiger partial charge in [0.1, 0.15) is 0 Å². The zero-order valence-electron chi connectivity index (χ0n) is 11.6. The van der Waals surface area contributed by atoms with Gasteiger partial charge in [-0.2, -0.15) is 0 Å². The molecule has 0 atom stereocenters. The van der Waals surface area contributed by atoms with Crippen molar-refractivity contribution in [3.05, 3.63) is 0 Å². The molecule has 3 nitrogen and oxygen atoms in total. The number of hydrogen-bond acceptors (Lipinski definition) is 3. The van der Waals surface area contributed by atoms with Crippen LogP contribution >= 0.6 is 0 Å². The highest BCUT2D eigenvalue weighted by molar-refractivity contribution is 5.78.